The molecule has 2 rings (SSSR count). The molecule has 2 aliphatic rings. The largest absolute Gasteiger partial charge is 0.352 e. The molecule has 0 bridgehead atoms. The lowest BCUT2D eigenvalue weighted by Crippen LogP contribution is -2.47. The molecule has 1 aliphatic heterocycles. The third-order valence-electron chi connectivity index (χ3n) is 3.39. The van der Waals surface area contributed by atoms with E-state index in [4.69, 9.17) is 0 Å². The van der Waals surface area contributed by atoms with E-state index in [1.165, 1.54) is 12.8 Å². The molecule has 0 radical (unpaired) electrons. The van der Waals surface area contributed by atoms with Crippen LogP contribution in [0.5, 0.6) is 0 Å². The molecule has 1 saturated carbocycles. The maximum absolute atomic E-state index is 11.9. The van der Waals surface area contributed by atoms with Gasteiger partial charge in [0.25, 0.3) is 0 Å². The van der Waals surface area contributed by atoms with E-state index in [-0.39, 0.29) is 11.9 Å². The van der Waals surface area contributed by atoms with Gasteiger partial charge in [0, 0.05) is 22.9 Å². The minimum absolute atomic E-state index is 0.0447. The van der Waals surface area contributed by atoms with Crippen molar-refractivity contribution < 1.29 is 4.79 Å². The number of amides is 1. The van der Waals surface area contributed by atoms with Gasteiger partial charge < -0.3 is 5.32 Å². The molecule has 0 aromatic heterocycles. The zero-order valence-corrected chi connectivity index (χ0v) is 11.3. The smallest absolute Gasteiger partial charge is 0.238 e. The fourth-order valence-electron chi connectivity index (χ4n) is 2.31. The minimum atomic E-state index is 0.0447. The molecular formula is C11H20N2OS2. The fourth-order valence-corrected chi connectivity index (χ4v) is 3.99. The summed E-state index contributed by atoms with van der Waals surface area (Å²) in [5.74, 6) is 2.04. The molecule has 16 heavy (non-hydrogen) atoms. The molecule has 2 fully saturated rings. The zero-order valence-electron chi connectivity index (χ0n) is 9.70. The molecule has 1 atom stereocenters. The second-order valence-corrected chi connectivity index (χ2v) is 6.66. The van der Waals surface area contributed by atoms with Gasteiger partial charge in [-0.25, -0.2) is 0 Å². The number of rotatable bonds is 3. The Kier molecular flexibility index (Phi) is 4.85. The highest BCUT2D eigenvalue weighted by molar-refractivity contribution is 7.99. The van der Waals surface area contributed by atoms with Gasteiger partial charge >= 0.3 is 0 Å². The number of carbonyl (C=O) groups excluding carboxylic acids is 1. The first-order valence-corrected chi connectivity index (χ1v) is 8.38. The zero-order chi connectivity index (χ0) is 11.4. The SMILES string of the molecule is CSC1CCC(NC(=O)C2CSCN2)CC1. The highest BCUT2D eigenvalue weighted by Gasteiger charge is 2.26. The summed E-state index contributed by atoms with van der Waals surface area (Å²) in [4.78, 5) is 11.9. The summed E-state index contributed by atoms with van der Waals surface area (Å²) in [5.41, 5.74) is 0. The van der Waals surface area contributed by atoms with Gasteiger partial charge in [-0.2, -0.15) is 11.8 Å². The van der Waals surface area contributed by atoms with Crippen LogP contribution < -0.4 is 10.6 Å². The lowest BCUT2D eigenvalue weighted by atomic mass is 9.95. The van der Waals surface area contributed by atoms with E-state index in [1.807, 2.05) is 11.8 Å². The summed E-state index contributed by atoms with van der Waals surface area (Å²) in [6, 6.07) is 0.464. The van der Waals surface area contributed by atoms with E-state index in [2.05, 4.69) is 16.9 Å². The topological polar surface area (TPSA) is 41.1 Å². The number of hydrogen-bond donors (Lipinski definition) is 2. The van der Waals surface area contributed by atoms with Crippen LogP contribution in [0.15, 0.2) is 0 Å². The second kappa shape index (κ2) is 6.17. The maximum Gasteiger partial charge on any atom is 0.238 e. The Morgan fingerprint density at radius 2 is 2.12 bits per heavy atom. The van der Waals surface area contributed by atoms with Crippen LogP contribution in [0.25, 0.3) is 0 Å². The summed E-state index contributed by atoms with van der Waals surface area (Å²) >= 11 is 3.76. The van der Waals surface area contributed by atoms with Crippen LogP contribution in [-0.2, 0) is 4.79 Å². The molecular weight excluding hydrogens is 240 g/mol. The van der Waals surface area contributed by atoms with Crippen LogP contribution in [0.1, 0.15) is 25.7 Å². The van der Waals surface area contributed by atoms with Gasteiger partial charge in [0.2, 0.25) is 5.91 Å². The fraction of sp³-hybridized carbons (Fsp3) is 0.909. The molecule has 0 aromatic rings. The first-order chi connectivity index (χ1) is 7.79. The van der Waals surface area contributed by atoms with Crippen molar-refractivity contribution in [3.8, 4) is 0 Å². The van der Waals surface area contributed by atoms with Crippen molar-refractivity contribution in [1.29, 1.82) is 0 Å². The van der Waals surface area contributed by atoms with Crippen molar-refractivity contribution >= 4 is 29.4 Å². The number of nitrogens with one attached hydrogen (secondary N) is 2. The van der Waals surface area contributed by atoms with Crippen molar-refractivity contribution in [2.24, 2.45) is 0 Å². The molecule has 1 heterocycles. The lowest BCUT2D eigenvalue weighted by molar-refractivity contribution is -0.123. The third-order valence-corrected chi connectivity index (χ3v) is 5.46. The second-order valence-electron chi connectivity index (χ2n) is 4.49. The Balaban J connectivity index is 1.71. The summed E-state index contributed by atoms with van der Waals surface area (Å²) in [6.07, 6.45) is 6.98. The first kappa shape index (κ1) is 12.6. The Bertz CT molecular complexity index is 236. The van der Waals surface area contributed by atoms with Crippen molar-refractivity contribution in [1.82, 2.24) is 10.6 Å². The molecule has 5 heteroatoms. The Morgan fingerprint density at radius 3 is 2.69 bits per heavy atom. The van der Waals surface area contributed by atoms with E-state index in [0.29, 0.717) is 6.04 Å². The van der Waals surface area contributed by atoms with Gasteiger partial charge in [0.1, 0.15) is 0 Å². The van der Waals surface area contributed by atoms with Crippen molar-refractivity contribution in [2.75, 3.05) is 17.9 Å². The highest BCUT2D eigenvalue weighted by Crippen LogP contribution is 2.26. The third kappa shape index (κ3) is 3.31. The van der Waals surface area contributed by atoms with Crippen LogP contribution in [0.3, 0.4) is 0 Å². The molecule has 92 valence electrons. The molecule has 1 aliphatic carbocycles. The highest BCUT2D eigenvalue weighted by atomic mass is 32.2. The number of hydrogen-bond acceptors (Lipinski definition) is 4. The standard InChI is InChI=1S/C11H20N2OS2/c1-15-9-4-2-8(3-5-9)13-11(14)10-6-16-7-12-10/h8-10,12H,2-7H2,1H3,(H,13,14). The van der Waals surface area contributed by atoms with Crippen LogP contribution in [0.4, 0.5) is 0 Å². The number of thioether (sulfide) groups is 2. The quantitative estimate of drug-likeness (QED) is 0.806. The van der Waals surface area contributed by atoms with Crippen molar-refractivity contribution in [3.05, 3.63) is 0 Å². The molecule has 3 nitrogen and oxygen atoms in total. The monoisotopic (exact) mass is 260 g/mol. The summed E-state index contributed by atoms with van der Waals surface area (Å²) < 4.78 is 0. The average molecular weight is 260 g/mol. The van der Waals surface area contributed by atoms with E-state index in [9.17, 15) is 4.79 Å². The maximum atomic E-state index is 11.9. The molecule has 0 aromatic carbocycles. The Morgan fingerprint density at radius 1 is 1.38 bits per heavy atom. The van der Waals surface area contributed by atoms with E-state index < -0.39 is 0 Å². The molecule has 1 saturated heterocycles. The Labute approximate surface area is 106 Å². The van der Waals surface area contributed by atoms with Gasteiger partial charge in [-0.3, -0.25) is 10.1 Å². The summed E-state index contributed by atoms with van der Waals surface area (Å²) in [6.45, 7) is 0. The van der Waals surface area contributed by atoms with Gasteiger partial charge in [0.15, 0.2) is 0 Å². The van der Waals surface area contributed by atoms with Crippen molar-refractivity contribution in [3.63, 3.8) is 0 Å². The van der Waals surface area contributed by atoms with Crippen molar-refractivity contribution in [2.45, 2.75) is 43.0 Å². The predicted octanol–water partition coefficient (Wildman–Crippen LogP) is 1.44. The van der Waals surface area contributed by atoms with Gasteiger partial charge in [-0.05, 0) is 31.9 Å². The minimum Gasteiger partial charge on any atom is -0.352 e. The van der Waals surface area contributed by atoms with E-state index in [1.54, 1.807) is 11.8 Å². The molecule has 0 spiro atoms. The molecule has 1 amide bonds. The predicted molar refractivity (Wildman–Crippen MR) is 72.0 cm³/mol. The Hall–Kier alpha value is 0.130. The van der Waals surface area contributed by atoms with E-state index >= 15 is 0 Å². The van der Waals surface area contributed by atoms with Crippen LogP contribution in [0.2, 0.25) is 0 Å². The average Bonchev–Trinajstić information content (AvgIpc) is 2.83. The molecule has 2 N–H and O–H groups in total. The van der Waals surface area contributed by atoms with Crippen LogP contribution >= 0.6 is 23.5 Å². The van der Waals surface area contributed by atoms with Gasteiger partial charge in [-0.1, -0.05) is 0 Å². The van der Waals surface area contributed by atoms with E-state index in [0.717, 1.165) is 29.7 Å². The van der Waals surface area contributed by atoms with Crippen LogP contribution in [-0.4, -0.2) is 41.1 Å². The van der Waals surface area contributed by atoms with Gasteiger partial charge in [0.05, 0.1) is 6.04 Å². The first-order valence-electron chi connectivity index (χ1n) is 5.94. The normalized spacial score (nSPS) is 34.9. The molecule has 1 unspecified atom stereocenters. The summed E-state index contributed by atoms with van der Waals surface area (Å²) in [7, 11) is 0. The summed E-state index contributed by atoms with van der Waals surface area (Å²) in [5, 5.41) is 7.21. The number of carbonyl (C=O) groups is 1. The van der Waals surface area contributed by atoms with Gasteiger partial charge in [-0.15, -0.1) is 11.8 Å². The van der Waals surface area contributed by atoms with Crippen LogP contribution in [0, 0.1) is 0 Å². The lowest BCUT2D eigenvalue weighted by Gasteiger charge is -2.28.